The van der Waals surface area contributed by atoms with Crippen molar-refractivity contribution in [2.75, 3.05) is 18.5 Å². The van der Waals surface area contributed by atoms with Crippen LogP contribution < -0.4 is 10.6 Å². The van der Waals surface area contributed by atoms with E-state index in [-0.39, 0.29) is 17.9 Å². The van der Waals surface area contributed by atoms with Crippen LogP contribution in [-0.4, -0.2) is 36.1 Å². The molecule has 1 atom stereocenters. The molecule has 2 aromatic rings. The molecule has 0 spiro atoms. The van der Waals surface area contributed by atoms with Gasteiger partial charge >= 0.3 is 0 Å². The molecule has 1 fully saturated rings. The van der Waals surface area contributed by atoms with Gasteiger partial charge in [0.15, 0.2) is 0 Å². The first kappa shape index (κ1) is 17.6. The first-order valence-electron chi connectivity index (χ1n) is 8.33. The number of nitrogens with zero attached hydrogens (tertiary/aromatic N) is 1. The molecule has 25 heavy (non-hydrogen) atoms. The predicted molar refractivity (Wildman–Crippen MR) is 97.5 cm³/mol. The van der Waals surface area contributed by atoms with E-state index in [0.29, 0.717) is 19.6 Å². The molecule has 1 aliphatic heterocycles. The largest absolute Gasteiger partial charge is 0.368 e. The van der Waals surface area contributed by atoms with E-state index in [1.54, 1.807) is 11.3 Å². The van der Waals surface area contributed by atoms with E-state index in [2.05, 4.69) is 15.6 Å². The molecule has 3 rings (SSSR count). The van der Waals surface area contributed by atoms with Crippen molar-refractivity contribution in [1.29, 1.82) is 0 Å². The van der Waals surface area contributed by atoms with Gasteiger partial charge in [0, 0.05) is 43.1 Å². The van der Waals surface area contributed by atoms with Gasteiger partial charge in [0.05, 0.1) is 5.69 Å². The lowest BCUT2D eigenvalue weighted by atomic mass is 10.2. The molecule has 2 amide bonds. The van der Waals surface area contributed by atoms with E-state index in [0.717, 1.165) is 34.8 Å². The SMILES string of the molecule is CC(=O)Nc1ccc(-c2nc(CCNC(=O)C3CCCO3)cs2)cc1. The van der Waals surface area contributed by atoms with Crippen molar-refractivity contribution in [1.82, 2.24) is 10.3 Å². The van der Waals surface area contributed by atoms with Crippen LogP contribution >= 0.6 is 11.3 Å². The molecule has 1 saturated heterocycles. The number of aromatic nitrogens is 1. The number of nitrogens with one attached hydrogen (secondary N) is 2. The van der Waals surface area contributed by atoms with Crippen LogP contribution in [0.5, 0.6) is 0 Å². The fourth-order valence-corrected chi connectivity index (χ4v) is 3.53. The lowest BCUT2D eigenvalue weighted by molar-refractivity contribution is -0.130. The highest BCUT2D eigenvalue weighted by atomic mass is 32.1. The summed E-state index contributed by atoms with van der Waals surface area (Å²) in [7, 11) is 0. The Kier molecular flexibility index (Phi) is 5.78. The highest BCUT2D eigenvalue weighted by Gasteiger charge is 2.22. The molecule has 1 unspecified atom stereocenters. The van der Waals surface area contributed by atoms with Gasteiger partial charge in [-0.05, 0) is 37.1 Å². The molecule has 0 bridgehead atoms. The van der Waals surface area contributed by atoms with E-state index >= 15 is 0 Å². The Morgan fingerprint density at radius 2 is 2.12 bits per heavy atom. The van der Waals surface area contributed by atoms with Crippen LogP contribution in [0.25, 0.3) is 10.6 Å². The van der Waals surface area contributed by atoms with E-state index in [1.165, 1.54) is 6.92 Å². The number of amides is 2. The van der Waals surface area contributed by atoms with Crippen LogP contribution in [0.15, 0.2) is 29.6 Å². The van der Waals surface area contributed by atoms with Crippen molar-refractivity contribution >= 4 is 28.8 Å². The Morgan fingerprint density at radius 3 is 2.80 bits per heavy atom. The standard InChI is InChI=1S/C18H21N3O3S/c1-12(22)20-14-6-4-13(5-7-14)18-21-15(11-25-18)8-9-19-17(23)16-3-2-10-24-16/h4-7,11,16H,2-3,8-10H2,1H3,(H,19,23)(H,20,22). The molecule has 1 aromatic carbocycles. The minimum Gasteiger partial charge on any atom is -0.368 e. The van der Waals surface area contributed by atoms with Gasteiger partial charge in [-0.2, -0.15) is 0 Å². The van der Waals surface area contributed by atoms with Crippen molar-refractivity contribution in [2.45, 2.75) is 32.3 Å². The number of carbonyl (C=O) groups excluding carboxylic acids is 2. The summed E-state index contributed by atoms with van der Waals surface area (Å²) in [6, 6.07) is 7.60. The summed E-state index contributed by atoms with van der Waals surface area (Å²) in [5.41, 5.74) is 2.73. The Hall–Kier alpha value is -2.25. The van der Waals surface area contributed by atoms with E-state index in [1.807, 2.05) is 29.6 Å². The van der Waals surface area contributed by atoms with Crippen molar-refractivity contribution < 1.29 is 14.3 Å². The number of anilines is 1. The summed E-state index contributed by atoms with van der Waals surface area (Å²) in [6.07, 6.45) is 2.17. The third-order valence-corrected chi connectivity index (χ3v) is 4.85. The van der Waals surface area contributed by atoms with Gasteiger partial charge in [0.25, 0.3) is 0 Å². The molecule has 2 N–H and O–H groups in total. The van der Waals surface area contributed by atoms with E-state index in [9.17, 15) is 9.59 Å². The number of carbonyl (C=O) groups is 2. The summed E-state index contributed by atoms with van der Waals surface area (Å²) in [5, 5.41) is 8.59. The molecule has 1 aliphatic rings. The molecule has 132 valence electrons. The molecule has 0 aliphatic carbocycles. The highest BCUT2D eigenvalue weighted by Crippen LogP contribution is 2.25. The fourth-order valence-electron chi connectivity index (χ4n) is 2.67. The minimum absolute atomic E-state index is 0.0264. The Morgan fingerprint density at radius 1 is 1.32 bits per heavy atom. The first-order chi connectivity index (χ1) is 12.1. The number of ether oxygens (including phenoxy) is 1. The van der Waals surface area contributed by atoms with E-state index < -0.39 is 0 Å². The Balaban J connectivity index is 1.51. The lowest BCUT2D eigenvalue weighted by Crippen LogP contribution is -2.35. The van der Waals surface area contributed by atoms with Gasteiger partial charge in [0.2, 0.25) is 11.8 Å². The van der Waals surface area contributed by atoms with Crippen LogP contribution in [0.4, 0.5) is 5.69 Å². The summed E-state index contributed by atoms with van der Waals surface area (Å²) in [4.78, 5) is 27.5. The van der Waals surface area contributed by atoms with Crippen LogP contribution in [0.1, 0.15) is 25.5 Å². The summed E-state index contributed by atoms with van der Waals surface area (Å²) in [6.45, 7) is 2.72. The smallest absolute Gasteiger partial charge is 0.249 e. The maximum absolute atomic E-state index is 11.9. The average Bonchev–Trinajstić information content (AvgIpc) is 3.27. The average molecular weight is 359 g/mol. The summed E-state index contributed by atoms with van der Waals surface area (Å²) < 4.78 is 5.36. The van der Waals surface area contributed by atoms with E-state index in [4.69, 9.17) is 4.74 Å². The van der Waals surface area contributed by atoms with Gasteiger partial charge in [0.1, 0.15) is 11.1 Å². The minimum atomic E-state index is -0.284. The summed E-state index contributed by atoms with van der Waals surface area (Å²) in [5.74, 6) is -0.115. The monoisotopic (exact) mass is 359 g/mol. The van der Waals surface area contributed by atoms with Gasteiger partial charge < -0.3 is 15.4 Å². The topological polar surface area (TPSA) is 80.3 Å². The summed E-state index contributed by atoms with van der Waals surface area (Å²) >= 11 is 1.57. The molecule has 0 radical (unpaired) electrons. The Labute approximate surface area is 150 Å². The molecular formula is C18H21N3O3S. The maximum Gasteiger partial charge on any atom is 0.249 e. The Bertz CT molecular complexity index is 736. The van der Waals surface area contributed by atoms with Crippen molar-refractivity contribution in [3.63, 3.8) is 0 Å². The van der Waals surface area contributed by atoms with Crippen LogP contribution in [0.3, 0.4) is 0 Å². The van der Waals surface area contributed by atoms with Crippen molar-refractivity contribution in [2.24, 2.45) is 0 Å². The lowest BCUT2D eigenvalue weighted by Gasteiger charge is -2.09. The van der Waals surface area contributed by atoms with Gasteiger partial charge in [-0.25, -0.2) is 4.98 Å². The molecule has 0 saturated carbocycles. The second-order valence-corrected chi connectivity index (χ2v) is 6.80. The molecule has 7 heteroatoms. The number of benzene rings is 1. The normalized spacial score (nSPS) is 16.6. The quantitative estimate of drug-likeness (QED) is 0.831. The third kappa shape index (κ3) is 4.87. The van der Waals surface area contributed by atoms with Gasteiger partial charge in [-0.3, -0.25) is 9.59 Å². The molecule has 6 nitrogen and oxygen atoms in total. The molecule has 2 heterocycles. The first-order valence-corrected chi connectivity index (χ1v) is 9.21. The predicted octanol–water partition coefficient (Wildman–Crippen LogP) is 2.61. The van der Waals surface area contributed by atoms with Crippen molar-refractivity contribution in [3.05, 3.63) is 35.3 Å². The van der Waals surface area contributed by atoms with Crippen LogP contribution in [0, 0.1) is 0 Å². The zero-order valence-corrected chi connectivity index (χ0v) is 14.9. The number of thiazole rings is 1. The van der Waals surface area contributed by atoms with Gasteiger partial charge in [-0.1, -0.05) is 0 Å². The fraction of sp³-hybridized carbons (Fsp3) is 0.389. The zero-order valence-electron chi connectivity index (χ0n) is 14.1. The number of hydrogen-bond acceptors (Lipinski definition) is 5. The van der Waals surface area contributed by atoms with Crippen LogP contribution in [-0.2, 0) is 20.7 Å². The number of rotatable bonds is 6. The second kappa shape index (κ2) is 8.22. The van der Waals surface area contributed by atoms with Gasteiger partial charge in [-0.15, -0.1) is 11.3 Å². The second-order valence-electron chi connectivity index (χ2n) is 5.95. The van der Waals surface area contributed by atoms with Crippen LogP contribution in [0.2, 0.25) is 0 Å². The zero-order chi connectivity index (χ0) is 17.6. The third-order valence-electron chi connectivity index (χ3n) is 3.91. The van der Waals surface area contributed by atoms with Crippen molar-refractivity contribution in [3.8, 4) is 10.6 Å². The molecular weight excluding hydrogens is 338 g/mol. The number of hydrogen-bond donors (Lipinski definition) is 2. The maximum atomic E-state index is 11.9. The highest BCUT2D eigenvalue weighted by molar-refractivity contribution is 7.13. The molecule has 1 aromatic heterocycles.